The molecule has 184 valence electrons. The van der Waals surface area contributed by atoms with Crippen LogP contribution < -0.4 is 14.2 Å². The summed E-state index contributed by atoms with van der Waals surface area (Å²) < 4.78 is 18.2. The predicted octanol–water partition coefficient (Wildman–Crippen LogP) is 7.72. The van der Waals surface area contributed by atoms with Crippen molar-refractivity contribution in [1.29, 1.82) is 0 Å². The molecule has 1 fully saturated rings. The minimum absolute atomic E-state index is 0.0384. The predicted molar refractivity (Wildman–Crippen MR) is 146 cm³/mol. The lowest BCUT2D eigenvalue weighted by atomic mass is 10.1. The van der Waals surface area contributed by atoms with E-state index in [-0.39, 0.29) is 24.5 Å². The van der Waals surface area contributed by atoms with Gasteiger partial charge in [0.25, 0.3) is 11.1 Å². The van der Waals surface area contributed by atoms with Gasteiger partial charge in [0, 0.05) is 11.1 Å². The minimum atomic E-state index is -0.384. The van der Waals surface area contributed by atoms with Crippen LogP contribution in [0.25, 0.3) is 6.08 Å². The minimum Gasteiger partial charge on any atom is -0.487 e. The molecule has 2 amide bonds. The molecular formula is C26H18Br2ClNO5S. The van der Waals surface area contributed by atoms with E-state index in [1.54, 1.807) is 18.2 Å². The third kappa shape index (κ3) is 5.29. The highest BCUT2D eigenvalue weighted by atomic mass is 79.9. The van der Waals surface area contributed by atoms with E-state index >= 15 is 0 Å². The second-order valence-corrected chi connectivity index (χ2v) is 11.3. The Morgan fingerprint density at radius 1 is 1.06 bits per heavy atom. The monoisotopic (exact) mass is 649 g/mol. The Hall–Kier alpha value is -2.46. The van der Waals surface area contributed by atoms with E-state index in [4.69, 9.17) is 25.8 Å². The second kappa shape index (κ2) is 10.5. The standard InChI is InChI=1S/C26H18Br2ClNO5S/c1-14-2-4-15(5-3-14)12-33-24-18(27)6-16(7-19(24)28)8-23-25(31)30(26(32)36-23)11-17-9-21-22(10-20(17)29)35-13-34-21/h2-10H,11-13H2,1H3/b23-8-. The van der Waals surface area contributed by atoms with Crippen molar-refractivity contribution in [3.05, 3.63) is 89.7 Å². The number of thioether (sulfide) groups is 1. The molecule has 6 nitrogen and oxygen atoms in total. The summed E-state index contributed by atoms with van der Waals surface area (Å²) in [5.41, 5.74) is 3.58. The molecule has 0 bridgehead atoms. The lowest BCUT2D eigenvalue weighted by Gasteiger charge is -2.14. The van der Waals surface area contributed by atoms with Crippen molar-refractivity contribution in [2.75, 3.05) is 6.79 Å². The number of aryl methyl sites for hydroxylation is 1. The molecule has 3 aromatic rings. The Morgan fingerprint density at radius 3 is 2.42 bits per heavy atom. The fourth-order valence-electron chi connectivity index (χ4n) is 3.68. The van der Waals surface area contributed by atoms with E-state index in [2.05, 4.69) is 31.9 Å². The number of amides is 2. The first-order valence-corrected chi connectivity index (χ1v) is 13.6. The maximum atomic E-state index is 13.1. The molecule has 36 heavy (non-hydrogen) atoms. The Labute approximate surface area is 233 Å². The fraction of sp³-hybridized carbons (Fsp3) is 0.154. The molecular weight excluding hydrogens is 634 g/mol. The van der Waals surface area contributed by atoms with E-state index in [1.165, 1.54) is 10.5 Å². The molecule has 0 N–H and O–H groups in total. The summed E-state index contributed by atoms with van der Waals surface area (Å²) in [7, 11) is 0. The van der Waals surface area contributed by atoms with Crippen molar-refractivity contribution in [2.45, 2.75) is 20.1 Å². The summed E-state index contributed by atoms with van der Waals surface area (Å²) in [4.78, 5) is 27.2. The molecule has 0 unspecified atom stereocenters. The van der Waals surface area contributed by atoms with E-state index in [0.29, 0.717) is 39.3 Å². The van der Waals surface area contributed by atoms with Crippen LogP contribution in [-0.2, 0) is 17.9 Å². The normalized spacial score (nSPS) is 15.8. The number of ether oxygens (including phenoxy) is 3. The number of hydrogen-bond acceptors (Lipinski definition) is 6. The topological polar surface area (TPSA) is 65.1 Å². The number of halogens is 3. The highest BCUT2D eigenvalue weighted by Gasteiger charge is 2.36. The molecule has 2 aliphatic rings. The van der Waals surface area contributed by atoms with Gasteiger partial charge in [0.05, 0.1) is 20.4 Å². The molecule has 0 aliphatic carbocycles. The summed E-state index contributed by atoms with van der Waals surface area (Å²) in [6.45, 7) is 2.60. The average molecular weight is 652 g/mol. The number of hydrogen-bond donors (Lipinski definition) is 0. The summed E-state index contributed by atoms with van der Waals surface area (Å²) in [5, 5.41) is 0.0348. The summed E-state index contributed by atoms with van der Waals surface area (Å²) in [6, 6.07) is 15.2. The number of rotatable bonds is 6. The van der Waals surface area contributed by atoms with Gasteiger partial charge in [0.2, 0.25) is 6.79 Å². The number of nitrogens with zero attached hydrogens (tertiary/aromatic N) is 1. The van der Waals surface area contributed by atoms with Gasteiger partial charge < -0.3 is 14.2 Å². The van der Waals surface area contributed by atoms with Gasteiger partial charge >= 0.3 is 0 Å². The molecule has 0 spiro atoms. The maximum absolute atomic E-state index is 13.1. The van der Waals surface area contributed by atoms with Crippen LogP contribution in [0.3, 0.4) is 0 Å². The third-order valence-electron chi connectivity index (χ3n) is 5.57. The first-order valence-electron chi connectivity index (χ1n) is 10.8. The lowest BCUT2D eigenvalue weighted by Crippen LogP contribution is -2.27. The summed E-state index contributed by atoms with van der Waals surface area (Å²) in [6.07, 6.45) is 1.69. The zero-order valence-electron chi connectivity index (χ0n) is 18.8. The van der Waals surface area contributed by atoms with Crippen molar-refractivity contribution in [3.63, 3.8) is 0 Å². The van der Waals surface area contributed by atoms with Gasteiger partial charge in [-0.25, -0.2) is 0 Å². The van der Waals surface area contributed by atoms with Gasteiger partial charge in [-0.05, 0) is 91.5 Å². The number of carbonyl (C=O) groups is 2. The molecule has 0 radical (unpaired) electrons. The number of fused-ring (bicyclic) bond motifs is 1. The fourth-order valence-corrected chi connectivity index (χ4v) is 6.18. The van der Waals surface area contributed by atoms with Gasteiger partial charge in [-0.2, -0.15) is 0 Å². The number of carbonyl (C=O) groups excluding carboxylic acids is 2. The van der Waals surface area contributed by atoms with Crippen LogP contribution >= 0.6 is 55.2 Å². The van der Waals surface area contributed by atoms with Crippen molar-refractivity contribution >= 4 is 72.4 Å². The van der Waals surface area contributed by atoms with Crippen LogP contribution in [0.4, 0.5) is 4.79 Å². The molecule has 0 atom stereocenters. The molecule has 2 aliphatic heterocycles. The first kappa shape index (κ1) is 25.2. The molecule has 2 heterocycles. The SMILES string of the molecule is Cc1ccc(COc2c(Br)cc(/C=C3\SC(=O)N(Cc4cc5c(cc4Cl)OCO5)C3=O)cc2Br)cc1. The zero-order chi connectivity index (χ0) is 25.4. The molecule has 10 heteroatoms. The third-order valence-corrected chi connectivity index (χ3v) is 8.00. The second-order valence-electron chi connectivity index (χ2n) is 8.15. The van der Waals surface area contributed by atoms with E-state index in [9.17, 15) is 9.59 Å². The first-order chi connectivity index (χ1) is 17.3. The maximum Gasteiger partial charge on any atom is 0.293 e. The Balaban J connectivity index is 1.32. The summed E-state index contributed by atoms with van der Waals surface area (Å²) in [5.74, 6) is 1.35. The zero-order valence-corrected chi connectivity index (χ0v) is 23.6. The van der Waals surface area contributed by atoms with Gasteiger partial charge in [-0.15, -0.1) is 0 Å². The quantitative estimate of drug-likeness (QED) is 0.255. The van der Waals surface area contributed by atoms with Gasteiger partial charge in [0.1, 0.15) is 12.4 Å². The lowest BCUT2D eigenvalue weighted by molar-refractivity contribution is -0.123. The average Bonchev–Trinajstić information content (AvgIpc) is 3.39. The smallest absolute Gasteiger partial charge is 0.293 e. The Morgan fingerprint density at radius 2 is 1.72 bits per heavy atom. The number of imide groups is 1. The van der Waals surface area contributed by atoms with Crippen molar-refractivity contribution < 1.29 is 23.8 Å². The molecule has 5 rings (SSSR count). The summed E-state index contributed by atoms with van der Waals surface area (Å²) >= 11 is 14.3. The largest absolute Gasteiger partial charge is 0.487 e. The highest BCUT2D eigenvalue weighted by molar-refractivity contribution is 9.11. The van der Waals surface area contributed by atoms with Crippen LogP contribution in [0.1, 0.15) is 22.3 Å². The van der Waals surface area contributed by atoms with Crippen molar-refractivity contribution in [1.82, 2.24) is 4.90 Å². The Bertz CT molecular complexity index is 1390. The molecule has 0 saturated carbocycles. The van der Waals surface area contributed by atoms with Crippen LogP contribution in [-0.4, -0.2) is 22.8 Å². The molecule has 1 saturated heterocycles. The van der Waals surface area contributed by atoms with Crippen LogP contribution in [0.5, 0.6) is 17.2 Å². The van der Waals surface area contributed by atoms with Crippen LogP contribution in [0.2, 0.25) is 5.02 Å². The van der Waals surface area contributed by atoms with Gasteiger partial charge in [-0.1, -0.05) is 41.4 Å². The van der Waals surface area contributed by atoms with Gasteiger partial charge in [0.15, 0.2) is 11.5 Å². The van der Waals surface area contributed by atoms with E-state index in [1.807, 2.05) is 43.3 Å². The van der Waals surface area contributed by atoms with E-state index < -0.39 is 0 Å². The number of benzene rings is 3. The van der Waals surface area contributed by atoms with Crippen molar-refractivity contribution in [3.8, 4) is 17.2 Å². The van der Waals surface area contributed by atoms with E-state index in [0.717, 1.165) is 31.8 Å². The Kier molecular flexibility index (Phi) is 7.35. The van der Waals surface area contributed by atoms with Crippen LogP contribution in [0, 0.1) is 6.92 Å². The highest BCUT2D eigenvalue weighted by Crippen LogP contribution is 2.41. The molecule has 3 aromatic carbocycles. The van der Waals surface area contributed by atoms with Gasteiger partial charge in [-0.3, -0.25) is 14.5 Å². The van der Waals surface area contributed by atoms with Crippen molar-refractivity contribution in [2.24, 2.45) is 0 Å². The molecule has 0 aromatic heterocycles. The van der Waals surface area contributed by atoms with Crippen LogP contribution in [0.15, 0.2) is 62.4 Å².